The Labute approximate surface area is 160 Å². The molecule has 2 rings (SSSR count). The lowest BCUT2D eigenvalue weighted by molar-refractivity contribution is -0.436. The number of nitrogens with zero attached hydrogens (tertiary/aromatic N) is 1. The van der Waals surface area contributed by atoms with Crippen LogP contribution in [-0.2, 0) is 10.7 Å². The Hall–Kier alpha value is -1.69. The SMILES string of the molecule is CC1(C)CCC(C)(c2cccc(OC(C(F)(F)F)(C(F)(F)F)C(F)(F)F)c2)N1[O]. The Morgan fingerprint density at radius 3 is 1.72 bits per heavy atom. The molecular formula is C17H17F9NO2. The Morgan fingerprint density at radius 2 is 1.34 bits per heavy atom. The molecule has 1 unspecified atom stereocenters. The maximum absolute atomic E-state index is 13.1. The van der Waals surface area contributed by atoms with Gasteiger partial charge in [0, 0.05) is 5.54 Å². The van der Waals surface area contributed by atoms with Gasteiger partial charge in [-0.05, 0) is 51.3 Å². The van der Waals surface area contributed by atoms with E-state index < -0.39 is 41.0 Å². The molecule has 1 atom stereocenters. The molecule has 1 fully saturated rings. The zero-order valence-corrected chi connectivity index (χ0v) is 15.4. The molecule has 0 bridgehead atoms. The van der Waals surface area contributed by atoms with Crippen molar-refractivity contribution in [2.24, 2.45) is 0 Å². The number of benzene rings is 1. The molecule has 12 heteroatoms. The quantitative estimate of drug-likeness (QED) is 0.549. The monoisotopic (exact) mass is 438 g/mol. The van der Waals surface area contributed by atoms with E-state index in [2.05, 4.69) is 4.74 Å². The van der Waals surface area contributed by atoms with Crippen molar-refractivity contribution < 1.29 is 49.5 Å². The molecular weight excluding hydrogens is 421 g/mol. The number of rotatable bonds is 3. The summed E-state index contributed by atoms with van der Waals surface area (Å²) in [5, 5.41) is 13.2. The van der Waals surface area contributed by atoms with Crippen LogP contribution in [0, 0.1) is 0 Å². The molecule has 0 spiro atoms. The molecule has 1 aliphatic rings. The summed E-state index contributed by atoms with van der Waals surface area (Å²) in [6, 6.07) is 3.31. The second-order valence-electron chi connectivity index (χ2n) is 7.69. The number of hydroxylamine groups is 2. The van der Waals surface area contributed by atoms with Gasteiger partial charge in [-0.3, -0.25) is 0 Å². The minimum absolute atomic E-state index is 0.0593. The van der Waals surface area contributed by atoms with Crippen LogP contribution in [0.5, 0.6) is 5.75 Å². The third-order valence-corrected chi connectivity index (χ3v) is 5.15. The molecule has 29 heavy (non-hydrogen) atoms. The molecule has 3 nitrogen and oxygen atoms in total. The van der Waals surface area contributed by atoms with Crippen LogP contribution in [0.3, 0.4) is 0 Å². The summed E-state index contributed by atoms with van der Waals surface area (Å²) < 4.78 is 121. The molecule has 0 N–H and O–H groups in total. The summed E-state index contributed by atoms with van der Waals surface area (Å²) in [4.78, 5) is 0. The number of halogens is 9. The molecule has 1 radical (unpaired) electrons. The second kappa shape index (κ2) is 6.66. The van der Waals surface area contributed by atoms with Crippen molar-refractivity contribution in [1.82, 2.24) is 5.06 Å². The topological polar surface area (TPSA) is 32.4 Å². The van der Waals surface area contributed by atoms with Crippen molar-refractivity contribution in [3.05, 3.63) is 29.8 Å². The number of ether oxygens (including phenoxy) is 1. The van der Waals surface area contributed by atoms with Crippen LogP contribution in [0.4, 0.5) is 39.5 Å². The fourth-order valence-corrected chi connectivity index (χ4v) is 3.41. The van der Waals surface area contributed by atoms with E-state index in [1.165, 1.54) is 13.0 Å². The standard InChI is InChI=1S/C17H17F9NO2/c1-12(2)7-8-13(3,27(12)28)10-5-4-6-11(9-10)29-14(15(18,19)20,16(21,22)23)17(24,25)26/h4-6,9H,7-8H2,1-3H3. The molecule has 1 saturated heterocycles. The lowest BCUT2D eigenvalue weighted by Crippen LogP contribution is -2.69. The molecule has 0 aliphatic carbocycles. The van der Waals surface area contributed by atoms with E-state index >= 15 is 0 Å². The van der Waals surface area contributed by atoms with Crippen LogP contribution in [0.25, 0.3) is 0 Å². The van der Waals surface area contributed by atoms with Gasteiger partial charge in [-0.15, -0.1) is 10.3 Å². The molecule has 0 aromatic heterocycles. The van der Waals surface area contributed by atoms with Gasteiger partial charge in [0.15, 0.2) is 0 Å². The highest BCUT2D eigenvalue weighted by atomic mass is 19.4. The van der Waals surface area contributed by atoms with Crippen molar-refractivity contribution in [3.63, 3.8) is 0 Å². The van der Waals surface area contributed by atoms with Crippen LogP contribution in [0.15, 0.2) is 24.3 Å². The summed E-state index contributed by atoms with van der Waals surface area (Å²) in [7, 11) is 0. The van der Waals surface area contributed by atoms with Crippen molar-refractivity contribution >= 4 is 0 Å². The fraction of sp³-hybridized carbons (Fsp3) is 0.647. The predicted molar refractivity (Wildman–Crippen MR) is 81.2 cm³/mol. The van der Waals surface area contributed by atoms with Crippen LogP contribution in [0.1, 0.15) is 39.2 Å². The van der Waals surface area contributed by atoms with Gasteiger partial charge in [0.2, 0.25) is 0 Å². The van der Waals surface area contributed by atoms with Gasteiger partial charge >= 0.3 is 24.1 Å². The first-order valence-corrected chi connectivity index (χ1v) is 8.27. The molecule has 1 aliphatic heterocycles. The molecule has 1 aromatic carbocycles. The average molecular weight is 438 g/mol. The highest BCUT2D eigenvalue weighted by molar-refractivity contribution is 5.35. The second-order valence-corrected chi connectivity index (χ2v) is 7.69. The van der Waals surface area contributed by atoms with Crippen molar-refractivity contribution in [1.29, 1.82) is 0 Å². The number of hydrogen-bond acceptors (Lipinski definition) is 2. The third kappa shape index (κ3) is 3.65. The van der Waals surface area contributed by atoms with E-state index in [-0.39, 0.29) is 12.0 Å². The van der Waals surface area contributed by atoms with Gasteiger partial charge in [0.25, 0.3) is 0 Å². The van der Waals surface area contributed by atoms with Gasteiger partial charge < -0.3 is 4.74 Å². The van der Waals surface area contributed by atoms with Gasteiger partial charge in [-0.1, -0.05) is 12.1 Å². The van der Waals surface area contributed by atoms with Gasteiger partial charge in [-0.25, -0.2) is 0 Å². The van der Waals surface area contributed by atoms with Crippen LogP contribution in [0.2, 0.25) is 0 Å². The first kappa shape index (κ1) is 23.6. The highest BCUT2D eigenvalue weighted by Gasteiger charge is 2.87. The van der Waals surface area contributed by atoms with E-state index in [4.69, 9.17) is 0 Å². The lowest BCUT2D eigenvalue weighted by atomic mass is 9.90. The highest BCUT2D eigenvalue weighted by Crippen LogP contribution is 2.55. The van der Waals surface area contributed by atoms with Crippen molar-refractivity contribution in [2.45, 2.75) is 68.8 Å². The first-order chi connectivity index (χ1) is 12.8. The largest absolute Gasteiger partial charge is 0.462 e. The first-order valence-electron chi connectivity index (χ1n) is 8.27. The maximum Gasteiger partial charge on any atom is 0.447 e. The van der Waals surface area contributed by atoms with Crippen molar-refractivity contribution in [2.75, 3.05) is 0 Å². The summed E-state index contributed by atoms with van der Waals surface area (Å²) >= 11 is 0. The van der Waals surface area contributed by atoms with E-state index in [9.17, 15) is 44.7 Å². The van der Waals surface area contributed by atoms with Crippen LogP contribution in [-0.4, -0.2) is 34.7 Å². The van der Waals surface area contributed by atoms with E-state index in [0.29, 0.717) is 23.6 Å². The van der Waals surface area contributed by atoms with Crippen molar-refractivity contribution in [3.8, 4) is 5.75 Å². The Morgan fingerprint density at radius 1 is 0.862 bits per heavy atom. The Bertz CT molecular complexity index is 718. The summed E-state index contributed by atoms with van der Waals surface area (Å²) in [5.74, 6) is -1.31. The predicted octanol–water partition coefficient (Wildman–Crippen LogP) is 5.93. The van der Waals surface area contributed by atoms with Crippen LogP contribution < -0.4 is 4.74 Å². The summed E-state index contributed by atoms with van der Waals surface area (Å²) in [6.07, 6.45) is -20.0. The number of alkyl halides is 9. The fourth-order valence-electron chi connectivity index (χ4n) is 3.41. The minimum Gasteiger partial charge on any atom is -0.462 e. The molecule has 165 valence electrons. The van der Waals surface area contributed by atoms with Gasteiger partial charge in [0.1, 0.15) is 5.75 Å². The summed E-state index contributed by atoms with van der Waals surface area (Å²) in [5.41, 5.74) is -8.71. The zero-order chi connectivity index (χ0) is 22.7. The van der Waals surface area contributed by atoms with Gasteiger partial charge in [0.05, 0.1) is 5.54 Å². The molecule has 0 amide bonds. The van der Waals surface area contributed by atoms with Gasteiger partial charge in [-0.2, -0.15) is 39.5 Å². The Balaban J connectivity index is 2.57. The number of hydrogen-bond donors (Lipinski definition) is 0. The van der Waals surface area contributed by atoms with E-state index in [0.717, 1.165) is 6.07 Å². The summed E-state index contributed by atoms with van der Waals surface area (Å²) in [6.45, 7) is 4.58. The molecule has 0 saturated carbocycles. The van der Waals surface area contributed by atoms with E-state index in [1.54, 1.807) is 13.8 Å². The van der Waals surface area contributed by atoms with Crippen LogP contribution >= 0.6 is 0 Å². The normalized spacial score (nSPS) is 24.0. The molecule has 1 aromatic rings. The molecule has 1 heterocycles. The third-order valence-electron chi connectivity index (χ3n) is 5.15. The minimum atomic E-state index is -6.84. The average Bonchev–Trinajstić information content (AvgIpc) is 2.74. The maximum atomic E-state index is 13.1. The zero-order valence-electron chi connectivity index (χ0n) is 15.4. The Kier molecular flexibility index (Phi) is 5.42. The van der Waals surface area contributed by atoms with E-state index in [1.807, 2.05) is 0 Å². The smallest absolute Gasteiger partial charge is 0.447 e. The lowest BCUT2D eigenvalue weighted by Gasteiger charge is -2.39.